The number of ether oxygens (including phenoxy) is 2. The average Bonchev–Trinajstić information content (AvgIpc) is 2.60. The minimum Gasteiger partial charge on any atom is -0.455 e. The Labute approximate surface area is 170 Å². The highest BCUT2D eigenvalue weighted by Gasteiger charge is 2.17. The van der Waals surface area contributed by atoms with E-state index in [9.17, 15) is 4.79 Å². The van der Waals surface area contributed by atoms with E-state index in [1.54, 1.807) is 48.5 Å². The zero-order valence-corrected chi connectivity index (χ0v) is 16.0. The van der Waals surface area contributed by atoms with E-state index in [2.05, 4.69) is 0 Å². The van der Waals surface area contributed by atoms with Crippen molar-refractivity contribution >= 4 is 52.4 Å². The van der Waals surface area contributed by atoms with Crippen LogP contribution in [0.4, 0.5) is 0 Å². The van der Waals surface area contributed by atoms with Gasteiger partial charge in [-0.15, -0.1) is 0 Å². The maximum Gasteiger partial charge on any atom is 0.347 e. The maximum atomic E-state index is 12.6. The Morgan fingerprint density at radius 3 is 1.88 bits per heavy atom. The molecule has 0 fully saturated rings. The number of esters is 1. The number of rotatable bonds is 4. The van der Waals surface area contributed by atoms with Crippen LogP contribution in [0.3, 0.4) is 0 Å². The van der Waals surface area contributed by atoms with Crippen LogP contribution in [0.15, 0.2) is 60.7 Å². The molecule has 0 atom stereocenters. The number of carbonyl (C=O) groups excluding carboxylic acids is 1. The van der Waals surface area contributed by atoms with Crippen molar-refractivity contribution in [3.8, 4) is 17.2 Å². The van der Waals surface area contributed by atoms with Crippen molar-refractivity contribution in [3.05, 3.63) is 86.3 Å². The molecule has 0 N–H and O–H groups in total. The number of hydrogen-bond acceptors (Lipinski definition) is 3. The molecule has 0 saturated carbocycles. The number of benzene rings is 3. The molecule has 0 aliphatic heterocycles. The third kappa shape index (κ3) is 4.43. The average molecular weight is 428 g/mol. The second-order valence-corrected chi connectivity index (χ2v) is 6.82. The van der Waals surface area contributed by atoms with Gasteiger partial charge < -0.3 is 9.47 Å². The van der Waals surface area contributed by atoms with Crippen LogP contribution in [-0.2, 0) is 0 Å². The van der Waals surface area contributed by atoms with Crippen LogP contribution < -0.4 is 9.47 Å². The first-order valence-corrected chi connectivity index (χ1v) is 8.84. The smallest absolute Gasteiger partial charge is 0.347 e. The van der Waals surface area contributed by atoms with Crippen LogP contribution in [0.25, 0.3) is 0 Å². The second kappa shape index (κ2) is 8.19. The van der Waals surface area contributed by atoms with E-state index in [0.717, 1.165) is 0 Å². The molecule has 0 spiro atoms. The molecule has 0 amide bonds. The molecule has 0 aromatic heterocycles. The lowest BCUT2D eigenvalue weighted by Gasteiger charge is -2.12. The molecule has 0 bridgehead atoms. The van der Waals surface area contributed by atoms with Crippen LogP contribution in [0, 0.1) is 0 Å². The molecule has 132 valence electrons. The molecule has 0 aliphatic carbocycles. The van der Waals surface area contributed by atoms with Crippen LogP contribution in [0.2, 0.25) is 20.1 Å². The van der Waals surface area contributed by atoms with Gasteiger partial charge in [-0.1, -0.05) is 58.5 Å². The molecule has 0 radical (unpaired) electrons. The number of hydrogen-bond donors (Lipinski definition) is 0. The second-order valence-electron chi connectivity index (χ2n) is 5.14. The van der Waals surface area contributed by atoms with Crippen molar-refractivity contribution in [2.45, 2.75) is 0 Å². The van der Waals surface area contributed by atoms with Crippen molar-refractivity contribution in [1.82, 2.24) is 0 Å². The Hall–Kier alpha value is -1.91. The monoisotopic (exact) mass is 426 g/mol. The van der Waals surface area contributed by atoms with Gasteiger partial charge in [0.25, 0.3) is 0 Å². The molecule has 26 heavy (non-hydrogen) atoms. The number of halogens is 4. The van der Waals surface area contributed by atoms with Gasteiger partial charge in [0.2, 0.25) is 0 Å². The van der Waals surface area contributed by atoms with E-state index in [-0.39, 0.29) is 22.1 Å². The van der Waals surface area contributed by atoms with Crippen LogP contribution in [0.5, 0.6) is 17.2 Å². The fourth-order valence-corrected chi connectivity index (χ4v) is 3.01. The van der Waals surface area contributed by atoms with Gasteiger partial charge in [-0.2, -0.15) is 0 Å². The zero-order chi connectivity index (χ0) is 18.7. The molecule has 7 heteroatoms. The minimum absolute atomic E-state index is 0.195. The first kappa shape index (κ1) is 18.9. The molecule has 3 aromatic rings. The predicted molar refractivity (Wildman–Crippen MR) is 104 cm³/mol. The third-order valence-corrected chi connectivity index (χ3v) is 4.38. The Balaban J connectivity index is 1.87. The van der Waals surface area contributed by atoms with Gasteiger partial charge in [0, 0.05) is 10.0 Å². The highest BCUT2D eigenvalue weighted by atomic mass is 35.5. The topological polar surface area (TPSA) is 35.5 Å². The summed E-state index contributed by atoms with van der Waals surface area (Å²) >= 11 is 23.9. The molecule has 0 heterocycles. The van der Waals surface area contributed by atoms with E-state index >= 15 is 0 Å². The van der Waals surface area contributed by atoms with Crippen molar-refractivity contribution in [1.29, 1.82) is 0 Å². The molecule has 0 unspecified atom stereocenters. The molecule has 3 nitrogen and oxygen atoms in total. The summed E-state index contributed by atoms with van der Waals surface area (Å²) in [6, 6.07) is 16.0. The molecule has 0 aliphatic rings. The van der Waals surface area contributed by atoms with Crippen LogP contribution in [0.1, 0.15) is 10.4 Å². The first-order valence-electron chi connectivity index (χ1n) is 7.33. The minimum atomic E-state index is -0.630. The summed E-state index contributed by atoms with van der Waals surface area (Å²) in [6.07, 6.45) is 0. The maximum absolute atomic E-state index is 12.6. The fourth-order valence-electron chi connectivity index (χ4n) is 2.11. The largest absolute Gasteiger partial charge is 0.455 e. The van der Waals surface area contributed by atoms with Crippen molar-refractivity contribution in [3.63, 3.8) is 0 Å². The van der Waals surface area contributed by atoms with Crippen molar-refractivity contribution in [2.24, 2.45) is 0 Å². The third-order valence-electron chi connectivity index (χ3n) is 3.32. The van der Waals surface area contributed by atoms with Crippen molar-refractivity contribution in [2.75, 3.05) is 0 Å². The van der Waals surface area contributed by atoms with Gasteiger partial charge in [-0.05, 0) is 48.5 Å². The van der Waals surface area contributed by atoms with E-state index < -0.39 is 5.97 Å². The summed E-state index contributed by atoms with van der Waals surface area (Å²) < 4.78 is 11.1. The highest BCUT2D eigenvalue weighted by molar-refractivity contribution is 6.36. The van der Waals surface area contributed by atoms with E-state index in [4.69, 9.17) is 55.9 Å². The Kier molecular flexibility index (Phi) is 5.94. The fraction of sp³-hybridized carbons (Fsp3) is 0. The lowest BCUT2D eigenvalue weighted by atomic mass is 10.2. The lowest BCUT2D eigenvalue weighted by molar-refractivity contribution is 0.0732. The number of para-hydroxylation sites is 1. The number of carbonyl (C=O) groups is 1. The summed E-state index contributed by atoms with van der Waals surface area (Å²) in [5, 5.41) is 1.47. The van der Waals surface area contributed by atoms with Crippen LogP contribution >= 0.6 is 46.4 Å². The highest BCUT2D eigenvalue weighted by Crippen LogP contribution is 2.34. The molecule has 3 aromatic carbocycles. The Morgan fingerprint density at radius 1 is 0.692 bits per heavy atom. The lowest BCUT2D eigenvalue weighted by Crippen LogP contribution is -2.10. The summed E-state index contributed by atoms with van der Waals surface area (Å²) in [5.74, 6) is 0.211. The van der Waals surface area contributed by atoms with Gasteiger partial charge in [-0.3, -0.25) is 0 Å². The summed E-state index contributed by atoms with van der Waals surface area (Å²) in [7, 11) is 0. The van der Waals surface area contributed by atoms with Gasteiger partial charge >= 0.3 is 5.97 Å². The summed E-state index contributed by atoms with van der Waals surface area (Å²) in [5.41, 5.74) is 0.213. The van der Waals surface area contributed by atoms with Gasteiger partial charge in [0.15, 0.2) is 0 Å². The standard InChI is InChI=1S/C19H10Cl4O3/c20-11-5-7-17(14(22)9-11)25-16-4-2-1-3-13(16)19(24)26-18-8-6-12(21)10-15(18)23/h1-10H. The predicted octanol–water partition coefficient (Wildman–Crippen LogP) is 7.31. The van der Waals surface area contributed by atoms with Crippen molar-refractivity contribution < 1.29 is 14.3 Å². The zero-order valence-electron chi connectivity index (χ0n) is 13.0. The van der Waals surface area contributed by atoms with E-state index in [1.165, 1.54) is 12.1 Å². The van der Waals surface area contributed by atoms with Gasteiger partial charge in [0.1, 0.15) is 22.8 Å². The van der Waals surface area contributed by atoms with E-state index in [1.807, 2.05) is 0 Å². The summed E-state index contributed by atoms with van der Waals surface area (Å²) in [6.45, 7) is 0. The quantitative estimate of drug-likeness (QED) is 0.323. The van der Waals surface area contributed by atoms with E-state index in [0.29, 0.717) is 20.8 Å². The molecule has 3 rings (SSSR count). The molecular formula is C19H10Cl4O3. The van der Waals surface area contributed by atoms with Gasteiger partial charge in [-0.25, -0.2) is 4.79 Å². The Bertz CT molecular complexity index is 973. The SMILES string of the molecule is O=C(Oc1ccc(Cl)cc1Cl)c1ccccc1Oc1ccc(Cl)cc1Cl. The molecule has 0 saturated heterocycles. The first-order chi connectivity index (χ1) is 12.4. The van der Waals surface area contributed by atoms with Crippen LogP contribution in [-0.4, -0.2) is 5.97 Å². The van der Waals surface area contributed by atoms with Gasteiger partial charge in [0.05, 0.1) is 10.0 Å². The molecular weight excluding hydrogens is 418 g/mol. The summed E-state index contributed by atoms with van der Waals surface area (Å²) in [4.78, 5) is 12.6. The Morgan fingerprint density at radius 2 is 1.27 bits per heavy atom. The normalized spacial score (nSPS) is 10.5.